The first-order chi connectivity index (χ1) is 11.3. The Balaban J connectivity index is 1.62. The molecule has 0 aromatic heterocycles. The van der Waals surface area contributed by atoms with Gasteiger partial charge in [-0.05, 0) is 93.9 Å². The van der Waals surface area contributed by atoms with Gasteiger partial charge in [0, 0.05) is 11.8 Å². The van der Waals surface area contributed by atoms with Crippen molar-refractivity contribution >= 4 is 5.78 Å². The lowest BCUT2D eigenvalue weighted by atomic mass is 9.55. The summed E-state index contributed by atoms with van der Waals surface area (Å²) in [5.74, 6) is 3.50. The topological polar surface area (TPSA) is 26.3 Å². The van der Waals surface area contributed by atoms with Crippen molar-refractivity contribution in [2.24, 2.45) is 17.3 Å². The molecule has 2 fully saturated rings. The maximum Gasteiger partial charge on any atom is 0.139 e. The zero-order valence-electron chi connectivity index (χ0n) is 15.5. The van der Waals surface area contributed by atoms with E-state index in [1.54, 1.807) is 0 Å². The molecule has 0 aliphatic heterocycles. The zero-order valence-corrected chi connectivity index (χ0v) is 15.5. The van der Waals surface area contributed by atoms with Gasteiger partial charge in [-0.15, -0.1) is 0 Å². The summed E-state index contributed by atoms with van der Waals surface area (Å²) >= 11 is 0. The van der Waals surface area contributed by atoms with Gasteiger partial charge >= 0.3 is 0 Å². The molecule has 4 atom stereocenters. The summed E-state index contributed by atoms with van der Waals surface area (Å²) in [4.78, 5) is 12.4. The van der Waals surface area contributed by atoms with Gasteiger partial charge in [-0.25, -0.2) is 0 Å². The summed E-state index contributed by atoms with van der Waals surface area (Å²) < 4.78 is 6.06. The Morgan fingerprint density at radius 2 is 1.92 bits per heavy atom. The molecular formula is C22H30O2. The van der Waals surface area contributed by atoms with E-state index in [0.717, 1.165) is 31.4 Å². The average molecular weight is 326 g/mol. The highest BCUT2D eigenvalue weighted by Crippen LogP contribution is 2.59. The number of hydrogen-bond acceptors (Lipinski definition) is 2. The van der Waals surface area contributed by atoms with Crippen LogP contribution in [0.15, 0.2) is 18.2 Å². The largest absolute Gasteiger partial charge is 0.488 e. The van der Waals surface area contributed by atoms with Crippen LogP contribution in [-0.4, -0.2) is 11.4 Å². The van der Waals surface area contributed by atoms with Crippen molar-refractivity contribution in [1.82, 2.24) is 0 Å². The highest BCUT2D eigenvalue weighted by Gasteiger charge is 2.54. The minimum absolute atomic E-state index is 0.0199. The Morgan fingerprint density at radius 3 is 2.67 bits per heavy atom. The predicted octanol–water partition coefficient (Wildman–Crippen LogP) is 5.29. The maximum absolute atomic E-state index is 12.4. The molecule has 0 amide bonds. The lowest BCUT2D eigenvalue weighted by molar-refractivity contribution is -0.129. The van der Waals surface area contributed by atoms with Crippen molar-refractivity contribution in [3.05, 3.63) is 29.3 Å². The first kappa shape index (κ1) is 16.2. The number of carbonyl (C=O) groups excluding carboxylic acids is 1. The predicted molar refractivity (Wildman–Crippen MR) is 96.4 cm³/mol. The van der Waals surface area contributed by atoms with Crippen molar-refractivity contribution in [3.63, 3.8) is 0 Å². The maximum atomic E-state index is 12.4. The quantitative estimate of drug-likeness (QED) is 0.701. The van der Waals surface area contributed by atoms with Crippen LogP contribution in [0.2, 0.25) is 0 Å². The van der Waals surface area contributed by atoms with Gasteiger partial charge in [0.2, 0.25) is 0 Å². The fourth-order valence-corrected chi connectivity index (χ4v) is 5.75. The number of hydrogen-bond donors (Lipinski definition) is 0. The average Bonchev–Trinajstić information content (AvgIpc) is 2.81. The summed E-state index contributed by atoms with van der Waals surface area (Å²) in [5, 5.41) is 0. The van der Waals surface area contributed by atoms with Crippen LogP contribution in [-0.2, 0) is 11.2 Å². The Bertz CT molecular complexity index is 669. The molecular weight excluding hydrogens is 296 g/mol. The molecule has 1 aromatic rings. The smallest absolute Gasteiger partial charge is 0.139 e. The van der Waals surface area contributed by atoms with Crippen LogP contribution in [0.4, 0.5) is 0 Å². The number of rotatable bonds is 1. The molecule has 3 aliphatic rings. The number of benzene rings is 1. The molecule has 24 heavy (non-hydrogen) atoms. The van der Waals surface area contributed by atoms with Gasteiger partial charge < -0.3 is 4.74 Å². The van der Waals surface area contributed by atoms with Crippen molar-refractivity contribution in [2.45, 2.75) is 77.7 Å². The van der Waals surface area contributed by atoms with E-state index in [1.165, 1.54) is 24.0 Å². The Morgan fingerprint density at radius 1 is 1.12 bits per heavy atom. The van der Waals surface area contributed by atoms with E-state index in [4.69, 9.17) is 4.74 Å². The number of Topliss-reactive ketones (excluding diaryl/α,β-unsaturated/α-hetero) is 1. The first-order valence-electron chi connectivity index (χ1n) is 9.63. The summed E-state index contributed by atoms with van der Waals surface area (Å²) in [7, 11) is 0. The molecule has 0 spiro atoms. The van der Waals surface area contributed by atoms with E-state index in [0.29, 0.717) is 23.5 Å². The zero-order chi connectivity index (χ0) is 17.1. The Labute approximate surface area is 146 Å². The third kappa shape index (κ3) is 2.50. The van der Waals surface area contributed by atoms with Gasteiger partial charge in [0.15, 0.2) is 0 Å². The van der Waals surface area contributed by atoms with Crippen LogP contribution in [0, 0.1) is 17.3 Å². The number of carbonyl (C=O) groups is 1. The molecule has 0 heterocycles. The van der Waals surface area contributed by atoms with Crippen molar-refractivity contribution in [3.8, 4) is 5.75 Å². The standard InChI is InChI=1S/C22H30O2/c1-21(2,3)24-15-6-8-16-14(13-15)5-7-18-17(16)11-12-22(4)19(18)9-10-20(22)23/h6,8,13,17-19H,5,7,9-12H2,1-4H3/t17-,18-,19+,22+/m1/s1. The first-order valence-corrected chi connectivity index (χ1v) is 9.63. The molecule has 0 bridgehead atoms. The molecule has 130 valence electrons. The van der Waals surface area contributed by atoms with Crippen LogP contribution < -0.4 is 4.74 Å². The normalized spacial score (nSPS) is 35.2. The minimum Gasteiger partial charge on any atom is -0.488 e. The van der Waals surface area contributed by atoms with Gasteiger partial charge in [0.25, 0.3) is 0 Å². The third-order valence-corrected chi connectivity index (χ3v) is 6.83. The molecule has 0 N–H and O–H groups in total. The van der Waals surface area contributed by atoms with Gasteiger partial charge in [0.05, 0.1) is 0 Å². The van der Waals surface area contributed by atoms with Crippen LogP contribution in [0.5, 0.6) is 5.75 Å². The van der Waals surface area contributed by atoms with Gasteiger partial charge in [-0.3, -0.25) is 4.79 Å². The van der Waals surface area contributed by atoms with E-state index >= 15 is 0 Å². The van der Waals surface area contributed by atoms with E-state index in [1.807, 2.05) is 0 Å². The summed E-state index contributed by atoms with van der Waals surface area (Å²) in [5.41, 5.74) is 2.84. The van der Waals surface area contributed by atoms with Crippen molar-refractivity contribution in [1.29, 1.82) is 0 Å². The number of ketones is 1. The monoisotopic (exact) mass is 326 g/mol. The molecule has 0 radical (unpaired) electrons. The number of fused-ring (bicyclic) bond motifs is 5. The minimum atomic E-state index is -0.150. The van der Waals surface area contributed by atoms with Crippen molar-refractivity contribution in [2.75, 3.05) is 0 Å². The van der Waals surface area contributed by atoms with Gasteiger partial charge in [-0.2, -0.15) is 0 Å². The van der Waals surface area contributed by atoms with Gasteiger partial charge in [-0.1, -0.05) is 13.0 Å². The second-order valence-electron chi connectivity index (χ2n) is 9.41. The molecule has 3 aliphatic carbocycles. The number of aryl methyl sites for hydroxylation is 1. The van der Waals surface area contributed by atoms with Crippen molar-refractivity contribution < 1.29 is 9.53 Å². The van der Waals surface area contributed by atoms with E-state index < -0.39 is 0 Å². The molecule has 2 nitrogen and oxygen atoms in total. The highest BCUT2D eigenvalue weighted by atomic mass is 16.5. The van der Waals surface area contributed by atoms with E-state index in [2.05, 4.69) is 45.9 Å². The number of ether oxygens (including phenoxy) is 1. The van der Waals surface area contributed by atoms with Crippen LogP contribution >= 0.6 is 0 Å². The molecule has 4 rings (SSSR count). The fraction of sp³-hybridized carbons (Fsp3) is 0.682. The third-order valence-electron chi connectivity index (χ3n) is 6.83. The second kappa shape index (κ2) is 5.34. The molecule has 2 saturated carbocycles. The van der Waals surface area contributed by atoms with Crippen LogP contribution in [0.3, 0.4) is 0 Å². The molecule has 0 saturated heterocycles. The Kier molecular flexibility index (Phi) is 3.60. The molecule has 0 unspecified atom stereocenters. The van der Waals surface area contributed by atoms with E-state index in [9.17, 15) is 4.79 Å². The summed E-state index contributed by atoms with van der Waals surface area (Å²) in [6.07, 6.45) is 6.57. The lowest BCUT2D eigenvalue weighted by Gasteiger charge is -2.48. The second-order valence-corrected chi connectivity index (χ2v) is 9.41. The fourth-order valence-electron chi connectivity index (χ4n) is 5.75. The highest BCUT2D eigenvalue weighted by molar-refractivity contribution is 5.87. The van der Waals surface area contributed by atoms with E-state index in [-0.39, 0.29) is 11.0 Å². The SMILES string of the molecule is CC(C)(C)Oc1ccc2c(c1)CC[C@@H]1[C@@H]2CC[C@]2(C)C(=O)CC[C@@H]12. The molecule has 1 aromatic carbocycles. The Hall–Kier alpha value is -1.31. The lowest BCUT2D eigenvalue weighted by Crippen LogP contribution is -2.42. The summed E-state index contributed by atoms with van der Waals surface area (Å²) in [6, 6.07) is 6.73. The van der Waals surface area contributed by atoms with Crippen LogP contribution in [0.1, 0.15) is 76.8 Å². The molecule has 2 heteroatoms. The van der Waals surface area contributed by atoms with Crippen LogP contribution in [0.25, 0.3) is 0 Å². The summed E-state index contributed by atoms with van der Waals surface area (Å²) in [6.45, 7) is 8.55. The van der Waals surface area contributed by atoms with Gasteiger partial charge in [0.1, 0.15) is 17.1 Å².